The van der Waals surface area contributed by atoms with Gasteiger partial charge in [0.1, 0.15) is 0 Å². The van der Waals surface area contributed by atoms with Gasteiger partial charge in [-0.2, -0.15) is 0 Å². The quantitative estimate of drug-likeness (QED) is 0.573. The average molecular weight is 348 g/mol. The standard InChI is InChI=1S/C15H20BrClO2/c1-3-5-6-7-13-11(17)9-15-14(19-13)8-10(16)12(4-2)18-15/h1,5-6,10-15H,4,7-9H2,2H3/t10-,11+,12+,13+,14-,15-/m1/s1. The predicted octanol–water partition coefficient (Wildman–Crippen LogP) is 3.66. The molecule has 0 saturated carbocycles. The molecule has 0 N–H and O–H groups in total. The second kappa shape index (κ2) is 7.13. The van der Waals surface area contributed by atoms with Crippen LogP contribution >= 0.6 is 27.5 Å². The average Bonchev–Trinajstić information content (AvgIpc) is 2.39. The Hall–Kier alpha value is -0.0100. The number of allylic oxidation sites excluding steroid dienone is 1. The molecule has 0 aliphatic carbocycles. The van der Waals surface area contributed by atoms with Gasteiger partial charge < -0.3 is 9.47 Å². The summed E-state index contributed by atoms with van der Waals surface area (Å²) in [6.45, 7) is 2.15. The van der Waals surface area contributed by atoms with Gasteiger partial charge in [-0.25, -0.2) is 0 Å². The fourth-order valence-corrected chi connectivity index (χ4v) is 3.99. The van der Waals surface area contributed by atoms with Crippen LogP contribution in [0.2, 0.25) is 0 Å². The number of ether oxygens (including phenoxy) is 2. The summed E-state index contributed by atoms with van der Waals surface area (Å²) in [6, 6.07) is 0. The van der Waals surface area contributed by atoms with E-state index in [0.29, 0.717) is 4.83 Å². The summed E-state index contributed by atoms with van der Waals surface area (Å²) >= 11 is 10.1. The van der Waals surface area contributed by atoms with Gasteiger partial charge in [-0.15, -0.1) is 18.0 Å². The molecule has 19 heavy (non-hydrogen) atoms. The Morgan fingerprint density at radius 2 is 2.00 bits per heavy atom. The molecule has 106 valence electrons. The molecular formula is C15H20BrClO2. The highest BCUT2D eigenvalue weighted by Crippen LogP contribution is 2.37. The van der Waals surface area contributed by atoms with Gasteiger partial charge >= 0.3 is 0 Å². The zero-order valence-corrected chi connectivity index (χ0v) is 13.4. The first-order valence-corrected chi connectivity index (χ1v) is 8.21. The minimum atomic E-state index is -0.00643. The molecule has 0 radical (unpaired) electrons. The molecule has 2 saturated heterocycles. The first kappa shape index (κ1) is 15.4. The van der Waals surface area contributed by atoms with E-state index in [9.17, 15) is 0 Å². The second-order valence-corrected chi connectivity index (χ2v) is 6.88. The van der Waals surface area contributed by atoms with Gasteiger partial charge in [0, 0.05) is 4.83 Å². The van der Waals surface area contributed by atoms with Crippen LogP contribution in [0.15, 0.2) is 12.2 Å². The Morgan fingerprint density at radius 3 is 2.68 bits per heavy atom. The predicted molar refractivity (Wildman–Crippen MR) is 81.8 cm³/mol. The van der Waals surface area contributed by atoms with Crippen molar-refractivity contribution in [3.8, 4) is 12.3 Å². The summed E-state index contributed by atoms with van der Waals surface area (Å²) in [5, 5.41) is -0.00643. The van der Waals surface area contributed by atoms with Gasteiger partial charge in [0.15, 0.2) is 0 Å². The molecule has 0 amide bonds. The lowest BCUT2D eigenvalue weighted by atomic mass is 9.91. The third-order valence-corrected chi connectivity index (χ3v) is 5.24. The van der Waals surface area contributed by atoms with Crippen LogP contribution in [-0.4, -0.2) is 34.6 Å². The summed E-state index contributed by atoms with van der Waals surface area (Å²) < 4.78 is 12.2. The van der Waals surface area contributed by atoms with E-state index in [2.05, 4.69) is 28.8 Å². The number of hydrogen-bond donors (Lipinski definition) is 0. The Bertz CT molecular complexity index is 366. The normalized spacial score (nSPS) is 42.8. The monoisotopic (exact) mass is 346 g/mol. The molecule has 2 aliphatic heterocycles. The topological polar surface area (TPSA) is 18.5 Å². The molecular weight excluding hydrogens is 328 g/mol. The lowest BCUT2D eigenvalue weighted by Gasteiger charge is -2.45. The van der Waals surface area contributed by atoms with Crippen LogP contribution in [0.4, 0.5) is 0 Å². The first-order chi connectivity index (χ1) is 9.15. The maximum atomic E-state index is 6.41. The molecule has 4 heteroatoms. The molecule has 0 aromatic heterocycles. The number of alkyl halides is 2. The van der Waals surface area contributed by atoms with Gasteiger partial charge in [0.25, 0.3) is 0 Å². The number of hydrogen-bond acceptors (Lipinski definition) is 2. The number of rotatable bonds is 3. The van der Waals surface area contributed by atoms with Crippen molar-refractivity contribution in [3.05, 3.63) is 12.2 Å². The minimum absolute atomic E-state index is 0.00643. The summed E-state index contributed by atoms with van der Waals surface area (Å²) in [7, 11) is 0. The van der Waals surface area contributed by atoms with E-state index in [1.165, 1.54) is 0 Å². The highest BCUT2D eigenvalue weighted by molar-refractivity contribution is 9.09. The van der Waals surface area contributed by atoms with Crippen molar-refractivity contribution in [1.82, 2.24) is 0 Å². The molecule has 2 nitrogen and oxygen atoms in total. The summed E-state index contributed by atoms with van der Waals surface area (Å²) in [4.78, 5) is 0.368. The van der Waals surface area contributed by atoms with Crippen molar-refractivity contribution in [2.45, 2.75) is 67.2 Å². The van der Waals surface area contributed by atoms with Crippen LogP contribution in [0, 0.1) is 12.3 Å². The van der Waals surface area contributed by atoms with Crippen LogP contribution in [0.3, 0.4) is 0 Å². The molecule has 2 aliphatic rings. The van der Waals surface area contributed by atoms with Gasteiger partial charge in [-0.3, -0.25) is 0 Å². The Kier molecular flexibility index (Phi) is 5.77. The Morgan fingerprint density at radius 1 is 1.32 bits per heavy atom. The fourth-order valence-electron chi connectivity index (χ4n) is 2.78. The van der Waals surface area contributed by atoms with Gasteiger partial charge in [0.05, 0.1) is 29.8 Å². The summed E-state index contributed by atoms with van der Waals surface area (Å²) in [5.41, 5.74) is 0. The molecule has 0 aromatic carbocycles. The van der Waals surface area contributed by atoms with E-state index < -0.39 is 0 Å². The lowest BCUT2D eigenvalue weighted by molar-refractivity contribution is -0.181. The zero-order valence-electron chi connectivity index (χ0n) is 11.1. The van der Waals surface area contributed by atoms with Crippen LogP contribution in [0.1, 0.15) is 32.6 Å². The Labute approximate surface area is 129 Å². The summed E-state index contributed by atoms with van der Waals surface area (Å²) in [6.07, 6.45) is 13.1. The van der Waals surface area contributed by atoms with Crippen molar-refractivity contribution in [1.29, 1.82) is 0 Å². The van der Waals surface area contributed by atoms with Crippen LogP contribution in [0.5, 0.6) is 0 Å². The van der Waals surface area contributed by atoms with Crippen LogP contribution < -0.4 is 0 Å². The maximum absolute atomic E-state index is 6.41. The third-order valence-electron chi connectivity index (χ3n) is 3.82. The van der Waals surface area contributed by atoms with Crippen molar-refractivity contribution < 1.29 is 9.47 Å². The molecule has 6 atom stereocenters. The van der Waals surface area contributed by atoms with Crippen molar-refractivity contribution in [3.63, 3.8) is 0 Å². The van der Waals surface area contributed by atoms with E-state index in [1.54, 1.807) is 6.08 Å². The molecule has 0 spiro atoms. The van der Waals surface area contributed by atoms with Crippen molar-refractivity contribution >= 4 is 27.5 Å². The molecule has 2 rings (SSSR count). The maximum Gasteiger partial charge on any atom is 0.0856 e. The molecule has 0 unspecified atom stereocenters. The number of terminal acetylenes is 1. The van der Waals surface area contributed by atoms with Crippen LogP contribution in [0.25, 0.3) is 0 Å². The van der Waals surface area contributed by atoms with E-state index >= 15 is 0 Å². The molecule has 2 heterocycles. The largest absolute Gasteiger partial charge is 0.371 e. The van der Waals surface area contributed by atoms with Gasteiger partial charge in [0.2, 0.25) is 0 Å². The molecule has 2 fully saturated rings. The zero-order chi connectivity index (χ0) is 13.8. The number of halogens is 2. The lowest BCUT2D eigenvalue weighted by Crippen LogP contribution is -2.53. The van der Waals surface area contributed by atoms with Crippen molar-refractivity contribution in [2.24, 2.45) is 0 Å². The van der Waals surface area contributed by atoms with E-state index in [1.807, 2.05) is 6.08 Å². The minimum Gasteiger partial charge on any atom is -0.371 e. The molecule has 0 aromatic rings. The summed E-state index contributed by atoms with van der Waals surface area (Å²) in [5.74, 6) is 2.49. The second-order valence-electron chi connectivity index (χ2n) is 5.14. The van der Waals surface area contributed by atoms with Gasteiger partial charge in [-0.05, 0) is 31.8 Å². The van der Waals surface area contributed by atoms with Gasteiger partial charge in [-0.1, -0.05) is 34.9 Å². The fraction of sp³-hybridized carbons (Fsp3) is 0.733. The highest BCUT2D eigenvalue weighted by atomic mass is 79.9. The van der Waals surface area contributed by atoms with Crippen LogP contribution in [-0.2, 0) is 9.47 Å². The Balaban J connectivity index is 1.95. The molecule has 0 bridgehead atoms. The third kappa shape index (κ3) is 3.76. The van der Waals surface area contributed by atoms with E-state index in [-0.39, 0.29) is 29.8 Å². The SMILES string of the molecule is C#CC=CC[C@@H]1O[C@@H]2C[C@@H](Br)[C@H](CC)O[C@@H]2C[C@@H]1Cl. The van der Waals surface area contributed by atoms with Crippen molar-refractivity contribution in [2.75, 3.05) is 0 Å². The number of fused-ring (bicyclic) bond motifs is 1. The van der Waals surface area contributed by atoms with E-state index in [0.717, 1.165) is 25.7 Å². The van der Waals surface area contributed by atoms with E-state index in [4.69, 9.17) is 27.5 Å². The smallest absolute Gasteiger partial charge is 0.0856 e. The highest BCUT2D eigenvalue weighted by Gasteiger charge is 2.43. The first-order valence-electron chi connectivity index (χ1n) is 6.85.